The Labute approximate surface area is 166 Å². The molecule has 10 heteroatoms. The molecule has 0 bridgehead atoms. The smallest absolute Gasteiger partial charge is 0.329 e. The summed E-state index contributed by atoms with van der Waals surface area (Å²) in [5, 5.41) is 22.6. The lowest BCUT2D eigenvalue weighted by Crippen LogP contribution is -2.31. The van der Waals surface area contributed by atoms with Gasteiger partial charge in [-0.3, -0.25) is 14.3 Å². The number of benzene rings is 1. The molecule has 0 radical (unpaired) electrons. The third kappa shape index (κ3) is 4.49. The van der Waals surface area contributed by atoms with Gasteiger partial charge in [0.05, 0.1) is 6.54 Å². The van der Waals surface area contributed by atoms with Crippen molar-refractivity contribution in [2.75, 3.05) is 25.1 Å². The number of imidazole rings is 1. The number of H-pyrrole nitrogens is 1. The van der Waals surface area contributed by atoms with Crippen LogP contribution < -0.4 is 21.3 Å². The number of rotatable bonds is 9. The maximum Gasteiger partial charge on any atom is 0.329 e. The fraction of sp³-hybridized carbons (Fsp3) is 0.421. The Morgan fingerprint density at radius 2 is 2.07 bits per heavy atom. The van der Waals surface area contributed by atoms with Crippen molar-refractivity contribution in [3.63, 3.8) is 0 Å². The van der Waals surface area contributed by atoms with Gasteiger partial charge >= 0.3 is 5.69 Å². The third-order valence-corrected chi connectivity index (χ3v) is 4.54. The van der Waals surface area contributed by atoms with Crippen LogP contribution >= 0.6 is 0 Å². The largest absolute Gasteiger partial charge is 0.491 e. The van der Waals surface area contributed by atoms with Crippen LogP contribution in [0.5, 0.6) is 5.75 Å². The number of aliphatic hydroxyl groups is 2. The average molecular weight is 403 g/mol. The quantitative estimate of drug-likeness (QED) is 0.369. The summed E-state index contributed by atoms with van der Waals surface area (Å²) < 4.78 is 8.45. The standard InChI is InChI=1S/C19H25N5O5/c1-12-6-3-4-7-14(12)29-11-13(26)10-24-15-16(21-18(24)20-8-5-9-25)23(2)19(28)22-17(15)27/h3-4,6-7,13,25-26H,5,8-11H2,1-2H3,(H,20,21)(H,22,27,28). The molecule has 0 saturated heterocycles. The summed E-state index contributed by atoms with van der Waals surface area (Å²) in [5.74, 6) is 0.999. The van der Waals surface area contributed by atoms with E-state index in [1.165, 1.54) is 16.2 Å². The fourth-order valence-corrected chi connectivity index (χ4v) is 2.99. The predicted molar refractivity (Wildman–Crippen MR) is 108 cm³/mol. The van der Waals surface area contributed by atoms with Crippen molar-refractivity contribution in [1.82, 2.24) is 19.1 Å². The number of para-hydroxylation sites is 1. The van der Waals surface area contributed by atoms with Crippen LogP contribution in [0.25, 0.3) is 11.2 Å². The highest BCUT2D eigenvalue weighted by atomic mass is 16.5. The van der Waals surface area contributed by atoms with Gasteiger partial charge in [-0.15, -0.1) is 0 Å². The minimum atomic E-state index is -0.929. The number of fused-ring (bicyclic) bond motifs is 1. The molecule has 3 rings (SSSR count). The van der Waals surface area contributed by atoms with Gasteiger partial charge in [-0.1, -0.05) is 18.2 Å². The molecule has 156 valence electrons. The van der Waals surface area contributed by atoms with Gasteiger partial charge in [0.15, 0.2) is 11.2 Å². The van der Waals surface area contributed by atoms with Crippen molar-refractivity contribution >= 4 is 17.1 Å². The van der Waals surface area contributed by atoms with Crippen molar-refractivity contribution in [2.24, 2.45) is 7.05 Å². The molecule has 29 heavy (non-hydrogen) atoms. The number of nitrogens with one attached hydrogen (secondary N) is 2. The zero-order valence-electron chi connectivity index (χ0n) is 16.4. The van der Waals surface area contributed by atoms with E-state index in [9.17, 15) is 14.7 Å². The summed E-state index contributed by atoms with van der Waals surface area (Å²) in [6.45, 7) is 2.38. The second-order valence-electron chi connectivity index (χ2n) is 6.77. The number of anilines is 1. The molecule has 0 aliphatic rings. The molecule has 2 aromatic heterocycles. The van der Waals surface area contributed by atoms with Crippen molar-refractivity contribution in [3.8, 4) is 5.75 Å². The molecule has 4 N–H and O–H groups in total. The maximum atomic E-state index is 12.4. The molecule has 1 atom stereocenters. The van der Waals surface area contributed by atoms with E-state index in [1.807, 2.05) is 31.2 Å². The SMILES string of the molecule is Cc1ccccc1OCC(O)Cn1c(NCCCO)nc2c1c(=O)[nH]c(=O)n2C. The molecule has 0 aliphatic heterocycles. The van der Waals surface area contributed by atoms with E-state index < -0.39 is 17.4 Å². The highest BCUT2D eigenvalue weighted by Crippen LogP contribution is 2.18. The van der Waals surface area contributed by atoms with E-state index >= 15 is 0 Å². The van der Waals surface area contributed by atoms with Crippen LogP contribution in [-0.4, -0.2) is 55.2 Å². The molecular weight excluding hydrogens is 378 g/mol. The Morgan fingerprint density at radius 1 is 1.31 bits per heavy atom. The Morgan fingerprint density at radius 3 is 2.79 bits per heavy atom. The lowest BCUT2D eigenvalue weighted by Gasteiger charge is -2.16. The average Bonchev–Trinajstić information content (AvgIpc) is 3.04. The number of hydrogen-bond acceptors (Lipinski definition) is 7. The first kappa shape index (κ1) is 20.6. The summed E-state index contributed by atoms with van der Waals surface area (Å²) in [6.07, 6.45) is -0.445. The monoisotopic (exact) mass is 403 g/mol. The van der Waals surface area contributed by atoms with Crippen molar-refractivity contribution in [1.29, 1.82) is 0 Å². The van der Waals surface area contributed by atoms with E-state index in [2.05, 4.69) is 15.3 Å². The van der Waals surface area contributed by atoms with Crippen molar-refractivity contribution in [3.05, 3.63) is 50.7 Å². The molecule has 0 saturated carbocycles. The van der Waals surface area contributed by atoms with Crippen LogP contribution in [0.1, 0.15) is 12.0 Å². The predicted octanol–water partition coefficient (Wildman–Crippen LogP) is -0.0341. The van der Waals surface area contributed by atoms with E-state index in [4.69, 9.17) is 9.84 Å². The third-order valence-electron chi connectivity index (χ3n) is 4.54. The second kappa shape index (κ2) is 8.93. The highest BCUT2D eigenvalue weighted by molar-refractivity contribution is 5.74. The Bertz CT molecular complexity index is 1100. The van der Waals surface area contributed by atoms with E-state index in [0.717, 1.165) is 5.56 Å². The molecule has 3 aromatic rings. The Hall–Kier alpha value is -3.11. The summed E-state index contributed by atoms with van der Waals surface area (Å²) >= 11 is 0. The van der Waals surface area contributed by atoms with Gasteiger partial charge < -0.3 is 24.8 Å². The molecule has 0 amide bonds. The Kier molecular flexibility index (Phi) is 6.35. The van der Waals surface area contributed by atoms with Crippen molar-refractivity contribution in [2.45, 2.75) is 26.0 Å². The van der Waals surface area contributed by atoms with Crippen LogP contribution in [0.3, 0.4) is 0 Å². The molecule has 2 heterocycles. The van der Waals surface area contributed by atoms with Crippen LogP contribution in [0.4, 0.5) is 5.95 Å². The molecule has 1 unspecified atom stereocenters. The topological polar surface area (TPSA) is 134 Å². The van der Waals surface area contributed by atoms with Gasteiger partial charge in [-0.05, 0) is 25.0 Å². The fourth-order valence-electron chi connectivity index (χ4n) is 2.99. The number of aromatic nitrogens is 4. The normalized spacial score (nSPS) is 12.3. The molecule has 1 aromatic carbocycles. The first-order valence-electron chi connectivity index (χ1n) is 9.33. The lowest BCUT2D eigenvalue weighted by atomic mass is 10.2. The van der Waals surface area contributed by atoms with Crippen LogP contribution in [0, 0.1) is 6.92 Å². The summed E-state index contributed by atoms with van der Waals surface area (Å²) in [7, 11) is 1.51. The number of aromatic amines is 1. The molecular formula is C19H25N5O5. The minimum Gasteiger partial charge on any atom is -0.491 e. The van der Waals surface area contributed by atoms with Gasteiger partial charge in [0.1, 0.15) is 18.5 Å². The molecule has 0 fully saturated rings. The van der Waals surface area contributed by atoms with Crippen LogP contribution in [0.15, 0.2) is 33.9 Å². The first-order valence-corrected chi connectivity index (χ1v) is 9.33. The number of hydrogen-bond donors (Lipinski definition) is 4. The minimum absolute atomic E-state index is 0.000804. The number of aryl methyl sites for hydroxylation is 2. The first-order chi connectivity index (χ1) is 13.9. The molecule has 0 aliphatic carbocycles. The van der Waals surface area contributed by atoms with Gasteiger partial charge in [-0.25, -0.2) is 4.79 Å². The van der Waals surface area contributed by atoms with Crippen LogP contribution in [0.2, 0.25) is 0 Å². The molecule has 10 nitrogen and oxygen atoms in total. The Balaban J connectivity index is 1.88. The van der Waals surface area contributed by atoms with Gasteiger partial charge in [0, 0.05) is 20.2 Å². The second-order valence-corrected chi connectivity index (χ2v) is 6.77. The number of aliphatic hydroxyl groups excluding tert-OH is 2. The van der Waals surface area contributed by atoms with Crippen LogP contribution in [-0.2, 0) is 13.6 Å². The van der Waals surface area contributed by atoms with E-state index in [1.54, 1.807) is 0 Å². The maximum absolute atomic E-state index is 12.4. The summed E-state index contributed by atoms with van der Waals surface area (Å²) in [6, 6.07) is 7.48. The van der Waals surface area contributed by atoms with Crippen molar-refractivity contribution < 1.29 is 14.9 Å². The number of nitrogens with zero attached hydrogens (tertiary/aromatic N) is 3. The zero-order chi connectivity index (χ0) is 21.0. The van der Waals surface area contributed by atoms with E-state index in [-0.39, 0.29) is 30.9 Å². The summed E-state index contributed by atoms with van der Waals surface area (Å²) in [4.78, 5) is 30.9. The van der Waals surface area contributed by atoms with Gasteiger partial charge in [0.2, 0.25) is 5.95 Å². The lowest BCUT2D eigenvalue weighted by molar-refractivity contribution is 0.0935. The summed E-state index contributed by atoms with van der Waals surface area (Å²) in [5.41, 5.74) is 0.173. The zero-order valence-corrected chi connectivity index (χ0v) is 16.4. The van der Waals surface area contributed by atoms with Gasteiger partial charge in [0.25, 0.3) is 5.56 Å². The number of ether oxygens (including phenoxy) is 1. The van der Waals surface area contributed by atoms with E-state index in [0.29, 0.717) is 24.7 Å². The molecule has 0 spiro atoms. The van der Waals surface area contributed by atoms with Gasteiger partial charge in [-0.2, -0.15) is 4.98 Å². The highest BCUT2D eigenvalue weighted by Gasteiger charge is 2.20.